The number of rotatable bonds is 8. The lowest BCUT2D eigenvalue weighted by molar-refractivity contribution is 0.186. The highest BCUT2D eigenvalue weighted by atomic mass is 35.5. The topological polar surface area (TPSA) is 68.7 Å². The van der Waals surface area contributed by atoms with Crippen molar-refractivity contribution < 1.29 is 17.9 Å². The fourth-order valence-corrected chi connectivity index (χ4v) is 5.01. The van der Waals surface area contributed by atoms with Gasteiger partial charge in [-0.3, -0.25) is 4.98 Å². The van der Waals surface area contributed by atoms with Gasteiger partial charge in [0.05, 0.1) is 9.92 Å². The smallest absolute Gasteiger partial charge is 0.243 e. The van der Waals surface area contributed by atoms with Crippen LogP contribution in [0.15, 0.2) is 41.6 Å². The van der Waals surface area contributed by atoms with E-state index in [0.29, 0.717) is 36.8 Å². The average Bonchev–Trinajstić information content (AvgIpc) is 3.03. The number of nitrogens with zero attached hydrogens (tertiary/aromatic N) is 2. The molecule has 0 saturated heterocycles. The van der Waals surface area contributed by atoms with E-state index in [4.69, 9.17) is 21.1 Å². The summed E-state index contributed by atoms with van der Waals surface area (Å²) in [5.74, 6) is 0.586. The van der Waals surface area contributed by atoms with Crippen molar-refractivity contribution in [3.63, 3.8) is 0 Å². The Balaban J connectivity index is 1.92. The summed E-state index contributed by atoms with van der Waals surface area (Å²) in [5.41, 5.74) is 1.70. The molecule has 1 aromatic carbocycles. The van der Waals surface area contributed by atoms with E-state index in [0.717, 1.165) is 11.1 Å². The molecule has 1 aliphatic rings. The van der Waals surface area contributed by atoms with Crippen molar-refractivity contribution in [2.75, 3.05) is 20.3 Å². The normalized spacial score (nSPS) is 16.4. The number of halogens is 1. The number of methoxy groups -OCH3 is 1. The highest BCUT2D eigenvalue weighted by molar-refractivity contribution is 7.89. The lowest BCUT2D eigenvalue weighted by Crippen LogP contribution is -2.32. The predicted octanol–water partition coefficient (Wildman–Crippen LogP) is 3.29. The van der Waals surface area contributed by atoms with Crippen molar-refractivity contribution in [2.24, 2.45) is 0 Å². The van der Waals surface area contributed by atoms with Crippen LogP contribution in [-0.4, -0.2) is 44.1 Å². The minimum absolute atomic E-state index is 0.00919. The second-order valence-corrected chi connectivity index (χ2v) is 8.91. The SMILES string of the molecule is COCCCN(Cc1ccncc1)S(=O)(=O)c1cc(Cl)c2c(c1)CC(C)O2. The lowest BCUT2D eigenvalue weighted by atomic mass is 10.1. The Morgan fingerprint density at radius 1 is 1.33 bits per heavy atom. The number of aromatic nitrogens is 1. The molecule has 2 heterocycles. The molecule has 27 heavy (non-hydrogen) atoms. The van der Waals surface area contributed by atoms with Crippen molar-refractivity contribution in [1.29, 1.82) is 0 Å². The molecule has 0 aliphatic carbocycles. The summed E-state index contributed by atoms with van der Waals surface area (Å²) in [6.07, 6.45) is 4.54. The fourth-order valence-electron chi connectivity index (χ4n) is 3.12. The van der Waals surface area contributed by atoms with Gasteiger partial charge in [-0.15, -0.1) is 0 Å². The van der Waals surface area contributed by atoms with E-state index in [1.165, 1.54) is 10.4 Å². The third-order valence-corrected chi connectivity index (χ3v) is 6.53. The summed E-state index contributed by atoms with van der Waals surface area (Å²) >= 11 is 6.30. The van der Waals surface area contributed by atoms with Crippen LogP contribution >= 0.6 is 11.6 Å². The molecule has 1 aliphatic heterocycles. The van der Waals surface area contributed by atoms with Crippen LogP contribution in [0.4, 0.5) is 0 Å². The molecular formula is C19H23ClN2O4S. The maximum atomic E-state index is 13.3. The Bertz CT molecular complexity index is 890. The van der Waals surface area contributed by atoms with Crippen molar-refractivity contribution >= 4 is 21.6 Å². The third-order valence-electron chi connectivity index (χ3n) is 4.42. The summed E-state index contributed by atoms with van der Waals surface area (Å²) in [4.78, 5) is 4.18. The van der Waals surface area contributed by atoms with Crippen molar-refractivity contribution in [3.8, 4) is 5.75 Å². The lowest BCUT2D eigenvalue weighted by Gasteiger charge is -2.23. The molecule has 1 atom stereocenters. The molecule has 6 nitrogen and oxygen atoms in total. The number of hydrogen-bond acceptors (Lipinski definition) is 5. The van der Waals surface area contributed by atoms with Gasteiger partial charge in [-0.25, -0.2) is 8.42 Å². The first kappa shape index (κ1) is 20.1. The average molecular weight is 411 g/mol. The van der Waals surface area contributed by atoms with Crippen LogP contribution in [0, 0.1) is 0 Å². The van der Waals surface area contributed by atoms with Crippen molar-refractivity contribution in [1.82, 2.24) is 9.29 Å². The Morgan fingerprint density at radius 3 is 2.78 bits per heavy atom. The van der Waals surface area contributed by atoms with Gasteiger partial charge in [0.15, 0.2) is 0 Å². The number of sulfonamides is 1. The third kappa shape index (κ3) is 4.60. The van der Waals surface area contributed by atoms with E-state index in [9.17, 15) is 8.42 Å². The summed E-state index contributed by atoms with van der Waals surface area (Å²) in [6, 6.07) is 6.77. The number of ether oxygens (including phenoxy) is 2. The molecule has 0 amide bonds. The van der Waals surface area contributed by atoms with Crippen LogP contribution in [0.2, 0.25) is 5.02 Å². The highest BCUT2D eigenvalue weighted by Crippen LogP contribution is 2.38. The van der Waals surface area contributed by atoms with Crippen LogP contribution in [-0.2, 0) is 27.7 Å². The summed E-state index contributed by atoms with van der Waals surface area (Å²) in [6.45, 7) is 3.03. The molecule has 1 unspecified atom stereocenters. The molecule has 146 valence electrons. The van der Waals surface area contributed by atoms with Crippen LogP contribution in [0.3, 0.4) is 0 Å². The molecule has 0 fully saturated rings. The van der Waals surface area contributed by atoms with Gasteiger partial charge in [0.25, 0.3) is 0 Å². The van der Waals surface area contributed by atoms with Crippen LogP contribution in [0.1, 0.15) is 24.5 Å². The minimum atomic E-state index is -3.72. The molecule has 0 bridgehead atoms. The zero-order valence-electron chi connectivity index (χ0n) is 15.4. The van der Waals surface area contributed by atoms with Crippen LogP contribution in [0.25, 0.3) is 0 Å². The Labute approximate surface area is 165 Å². The summed E-state index contributed by atoms with van der Waals surface area (Å²) < 4.78 is 38.9. The van der Waals surface area contributed by atoms with Crippen molar-refractivity contribution in [3.05, 3.63) is 52.8 Å². The predicted molar refractivity (Wildman–Crippen MR) is 104 cm³/mol. The number of hydrogen-bond donors (Lipinski definition) is 0. The monoisotopic (exact) mass is 410 g/mol. The minimum Gasteiger partial charge on any atom is -0.489 e. The zero-order valence-corrected chi connectivity index (χ0v) is 17.0. The van der Waals surface area contributed by atoms with Crippen LogP contribution in [0.5, 0.6) is 5.75 Å². The molecule has 8 heteroatoms. The second kappa shape index (κ2) is 8.56. The molecule has 0 saturated carbocycles. The summed E-state index contributed by atoms with van der Waals surface area (Å²) in [5, 5.41) is 0.330. The molecule has 2 aromatic rings. The van der Waals surface area contributed by atoms with E-state index >= 15 is 0 Å². The Kier molecular flexibility index (Phi) is 6.37. The molecule has 0 N–H and O–H groups in total. The van der Waals surface area contributed by atoms with Gasteiger partial charge in [-0.1, -0.05) is 11.6 Å². The Hall–Kier alpha value is -1.67. The molecular weight excluding hydrogens is 388 g/mol. The first-order valence-corrected chi connectivity index (χ1v) is 10.6. The fraction of sp³-hybridized carbons (Fsp3) is 0.421. The maximum absolute atomic E-state index is 13.3. The molecule has 0 spiro atoms. The second-order valence-electron chi connectivity index (χ2n) is 6.57. The number of benzene rings is 1. The highest BCUT2D eigenvalue weighted by Gasteiger charge is 2.29. The Morgan fingerprint density at radius 2 is 2.07 bits per heavy atom. The van der Waals surface area contributed by atoms with E-state index in [1.807, 2.05) is 19.1 Å². The largest absolute Gasteiger partial charge is 0.489 e. The summed E-state index contributed by atoms with van der Waals surface area (Å²) in [7, 11) is -2.12. The van der Waals surface area contributed by atoms with Gasteiger partial charge in [-0.05, 0) is 43.2 Å². The quantitative estimate of drug-likeness (QED) is 0.624. The van der Waals surface area contributed by atoms with E-state index in [2.05, 4.69) is 4.98 Å². The number of fused-ring (bicyclic) bond motifs is 1. The van der Waals surface area contributed by atoms with E-state index < -0.39 is 10.0 Å². The first-order valence-electron chi connectivity index (χ1n) is 8.79. The molecule has 1 aromatic heterocycles. The van der Waals surface area contributed by atoms with Gasteiger partial charge in [0, 0.05) is 51.2 Å². The van der Waals surface area contributed by atoms with Gasteiger partial charge in [-0.2, -0.15) is 4.31 Å². The van der Waals surface area contributed by atoms with Gasteiger partial charge in [0.2, 0.25) is 10.0 Å². The molecule has 0 radical (unpaired) electrons. The van der Waals surface area contributed by atoms with E-state index in [1.54, 1.807) is 25.6 Å². The standard InChI is InChI=1S/C19H23ClN2O4S/c1-14-10-16-11-17(12-18(20)19(16)26-14)27(23,24)22(8-3-9-25-2)13-15-4-6-21-7-5-15/h4-7,11-12,14H,3,8-10,13H2,1-2H3. The zero-order chi connectivity index (χ0) is 19.4. The van der Waals surface area contributed by atoms with Gasteiger partial charge < -0.3 is 9.47 Å². The first-order chi connectivity index (χ1) is 12.9. The van der Waals surface area contributed by atoms with Crippen LogP contribution < -0.4 is 4.74 Å². The van der Waals surface area contributed by atoms with Crippen molar-refractivity contribution in [2.45, 2.75) is 37.3 Å². The van der Waals surface area contributed by atoms with Gasteiger partial charge >= 0.3 is 0 Å². The van der Waals surface area contributed by atoms with Gasteiger partial charge in [0.1, 0.15) is 11.9 Å². The molecule has 3 rings (SSSR count). The number of pyridine rings is 1. The van der Waals surface area contributed by atoms with E-state index in [-0.39, 0.29) is 17.5 Å². The maximum Gasteiger partial charge on any atom is 0.243 e.